The first-order valence-electron chi connectivity index (χ1n) is 18.2. The van der Waals surface area contributed by atoms with E-state index in [-0.39, 0.29) is 0 Å². The molecule has 4 nitrogen and oxygen atoms in total. The standard InChI is InChI=1S/C50H30N4/c1-2-13-32(14-3-1)48-52-49(54-50(53-48)47-44-25-22-31-12-4-5-15-34(31)43(44)28-29-51-47)45-27-26-35(36-16-6-10-20-40(36)45)33-23-24-42-39-19-8-7-17-37(39)38-18-9-11-21-41(38)46(42)30-33/h1-30H. The van der Waals surface area contributed by atoms with Gasteiger partial charge in [-0.2, -0.15) is 0 Å². The van der Waals surface area contributed by atoms with E-state index in [2.05, 4.69) is 146 Å². The molecular formula is C50H30N4. The van der Waals surface area contributed by atoms with Crippen molar-refractivity contribution in [2.45, 2.75) is 0 Å². The Morgan fingerprint density at radius 2 is 0.796 bits per heavy atom. The molecule has 0 aliphatic heterocycles. The molecule has 0 saturated heterocycles. The summed E-state index contributed by atoms with van der Waals surface area (Å²) in [5.41, 5.74) is 4.92. The van der Waals surface area contributed by atoms with Crippen LogP contribution in [-0.2, 0) is 0 Å². The lowest BCUT2D eigenvalue weighted by Crippen LogP contribution is -2.02. The van der Waals surface area contributed by atoms with E-state index in [4.69, 9.17) is 19.9 Å². The summed E-state index contributed by atoms with van der Waals surface area (Å²) in [5.74, 6) is 1.76. The lowest BCUT2D eigenvalue weighted by Gasteiger charge is -2.15. The minimum absolute atomic E-state index is 0.543. The Kier molecular flexibility index (Phi) is 6.82. The van der Waals surface area contributed by atoms with E-state index in [1.807, 2.05) is 36.5 Å². The quantitative estimate of drug-likeness (QED) is 0.173. The van der Waals surface area contributed by atoms with Gasteiger partial charge in [0.15, 0.2) is 17.5 Å². The fourth-order valence-corrected chi connectivity index (χ4v) is 8.26. The van der Waals surface area contributed by atoms with Crippen LogP contribution in [0.1, 0.15) is 0 Å². The van der Waals surface area contributed by atoms with Crippen LogP contribution in [0.5, 0.6) is 0 Å². The van der Waals surface area contributed by atoms with E-state index >= 15 is 0 Å². The molecule has 0 atom stereocenters. The smallest absolute Gasteiger partial charge is 0.183 e. The summed E-state index contributed by atoms with van der Waals surface area (Å²) in [4.78, 5) is 20.3. The summed E-state index contributed by atoms with van der Waals surface area (Å²) in [6.07, 6.45) is 1.86. The third-order valence-corrected chi connectivity index (χ3v) is 10.8. The van der Waals surface area contributed by atoms with E-state index in [0.29, 0.717) is 17.5 Å². The van der Waals surface area contributed by atoms with Crippen LogP contribution in [0.15, 0.2) is 182 Å². The van der Waals surface area contributed by atoms with E-state index < -0.39 is 0 Å². The molecule has 54 heavy (non-hydrogen) atoms. The van der Waals surface area contributed by atoms with Crippen molar-refractivity contribution in [1.82, 2.24) is 19.9 Å². The number of hydrogen-bond donors (Lipinski definition) is 0. The largest absolute Gasteiger partial charge is 0.252 e. The number of rotatable bonds is 4. The lowest BCUT2D eigenvalue weighted by molar-refractivity contribution is 1.06. The molecule has 0 fully saturated rings. The summed E-state index contributed by atoms with van der Waals surface area (Å²) >= 11 is 0. The second-order valence-electron chi connectivity index (χ2n) is 13.8. The molecule has 2 aromatic heterocycles. The van der Waals surface area contributed by atoms with E-state index in [9.17, 15) is 0 Å². The molecule has 0 unspecified atom stereocenters. The third-order valence-electron chi connectivity index (χ3n) is 10.8. The molecule has 11 rings (SSSR count). The molecule has 0 saturated carbocycles. The van der Waals surface area contributed by atoms with Crippen LogP contribution >= 0.6 is 0 Å². The topological polar surface area (TPSA) is 51.6 Å². The van der Waals surface area contributed by atoms with Gasteiger partial charge in [0.1, 0.15) is 5.69 Å². The Labute approximate surface area is 311 Å². The predicted molar refractivity (Wildman–Crippen MR) is 224 cm³/mol. The van der Waals surface area contributed by atoms with Gasteiger partial charge in [-0.25, -0.2) is 15.0 Å². The van der Waals surface area contributed by atoms with Crippen molar-refractivity contribution in [3.8, 4) is 45.4 Å². The second-order valence-corrected chi connectivity index (χ2v) is 13.8. The average molecular weight is 687 g/mol. The van der Waals surface area contributed by atoms with Gasteiger partial charge in [0.25, 0.3) is 0 Å². The number of fused-ring (bicyclic) bond motifs is 10. The van der Waals surface area contributed by atoms with Crippen molar-refractivity contribution in [1.29, 1.82) is 0 Å². The number of aromatic nitrogens is 4. The summed E-state index contributed by atoms with van der Waals surface area (Å²) in [6, 6.07) is 62.2. The molecule has 0 spiro atoms. The first-order valence-corrected chi connectivity index (χ1v) is 18.2. The van der Waals surface area contributed by atoms with Crippen molar-refractivity contribution in [3.63, 3.8) is 0 Å². The number of nitrogens with zero attached hydrogens (tertiary/aromatic N) is 4. The first-order chi connectivity index (χ1) is 26.8. The van der Waals surface area contributed by atoms with Crippen LogP contribution in [-0.4, -0.2) is 19.9 Å². The maximum Gasteiger partial charge on any atom is 0.183 e. The average Bonchev–Trinajstić information content (AvgIpc) is 3.26. The van der Waals surface area contributed by atoms with Gasteiger partial charge in [0.2, 0.25) is 0 Å². The van der Waals surface area contributed by atoms with Gasteiger partial charge in [-0.05, 0) is 88.6 Å². The molecule has 2 heterocycles. The van der Waals surface area contributed by atoms with Gasteiger partial charge >= 0.3 is 0 Å². The normalized spacial score (nSPS) is 11.7. The SMILES string of the molecule is c1ccc(-c2nc(-c3ccc(-c4ccc5c6ccccc6c6ccccc6c5c4)c4ccccc34)nc(-c3nccc4c3ccc3ccccc34)n2)cc1. The molecule has 0 amide bonds. The predicted octanol–water partition coefficient (Wildman–Crippen LogP) is 12.9. The zero-order valence-electron chi connectivity index (χ0n) is 29.1. The molecule has 11 aromatic rings. The Morgan fingerprint density at radius 3 is 1.54 bits per heavy atom. The fraction of sp³-hybridized carbons (Fsp3) is 0. The minimum Gasteiger partial charge on any atom is -0.252 e. The molecule has 0 bridgehead atoms. The maximum absolute atomic E-state index is 5.20. The van der Waals surface area contributed by atoms with Crippen molar-refractivity contribution >= 4 is 64.6 Å². The van der Waals surface area contributed by atoms with Crippen molar-refractivity contribution < 1.29 is 0 Å². The lowest BCUT2D eigenvalue weighted by atomic mass is 9.90. The summed E-state index contributed by atoms with van der Waals surface area (Å²) in [6.45, 7) is 0. The number of hydrogen-bond acceptors (Lipinski definition) is 4. The van der Waals surface area contributed by atoms with Crippen LogP contribution in [0.4, 0.5) is 0 Å². The molecule has 0 N–H and O–H groups in total. The zero-order valence-corrected chi connectivity index (χ0v) is 29.1. The molecule has 0 aliphatic rings. The Balaban J connectivity index is 1.13. The van der Waals surface area contributed by atoms with Gasteiger partial charge in [0.05, 0.1) is 0 Å². The van der Waals surface area contributed by atoms with Gasteiger partial charge < -0.3 is 0 Å². The molecule has 0 aliphatic carbocycles. The summed E-state index contributed by atoms with van der Waals surface area (Å²) in [7, 11) is 0. The Hall–Kier alpha value is -7.30. The highest BCUT2D eigenvalue weighted by atomic mass is 15.0. The molecular weight excluding hydrogens is 657 g/mol. The van der Waals surface area contributed by atoms with Crippen molar-refractivity contribution in [3.05, 3.63) is 182 Å². The van der Waals surface area contributed by atoms with Crippen LogP contribution in [0.25, 0.3) is 110 Å². The van der Waals surface area contributed by atoms with E-state index in [1.54, 1.807) is 0 Å². The summed E-state index contributed by atoms with van der Waals surface area (Å²) < 4.78 is 0. The fourth-order valence-electron chi connectivity index (χ4n) is 8.26. The van der Waals surface area contributed by atoms with Crippen molar-refractivity contribution in [2.24, 2.45) is 0 Å². The van der Waals surface area contributed by atoms with Crippen LogP contribution in [0.3, 0.4) is 0 Å². The maximum atomic E-state index is 5.20. The van der Waals surface area contributed by atoms with Crippen LogP contribution < -0.4 is 0 Å². The monoisotopic (exact) mass is 686 g/mol. The van der Waals surface area contributed by atoms with Gasteiger partial charge in [-0.1, -0.05) is 158 Å². The highest BCUT2D eigenvalue weighted by Gasteiger charge is 2.19. The van der Waals surface area contributed by atoms with Crippen molar-refractivity contribution in [2.75, 3.05) is 0 Å². The molecule has 9 aromatic carbocycles. The minimum atomic E-state index is 0.543. The second kappa shape index (κ2) is 12.1. The highest BCUT2D eigenvalue weighted by Crippen LogP contribution is 2.40. The van der Waals surface area contributed by atoms with E-state index in [0.717, 1.165) is 43.9 Å². The van der Waals surface area contributed by atoms with Crippen LogP contribution in [0, 0.1) is 0 Å². The molecule has 250 valence electrons. The summed E-state index contributed by atoms with van der Waals surface area (Å²) in [5, 5.41) is 14.3. The Bertz CT molecular complexity index is 3240. The first kappa shape index (κ1) is 30.3. The Morgan fingerprint density at radius 1 is 0.278 bits per heavy atom. The molecule has 0 radical (unpaired) electrons. The van der Waals surface area contributed by atoms with Crippen LogP contribution in [0.2, 0.25) is 0 Å². The van der Waals surface area contributed by atoms with Gasteiger partial charge in [-0.3, -0.25) is 4.98 Å². The van der Waals surface area contributed by atoms with E-state index in [1.165, 1.54) is 48.7 Å². The molecule has 4 heteroatoms. The van der Waals surface area contributed by atoms with Gasteiger partial charge in [-0.15, -0.1) is 0 Å². The zero-order chi connectivity index (χ0) is 35.6. The number of pyridine rings is 1. The van der Waals surface area contributed by atoms with Gasteiger partial charge in [0, 0.05) is 22.7 Å². The highest BCUT2D eigenvalue weighted by molar-refractivity contribution is 6.26. The third kappa shape index (κ3) is 4.78. The number of benzene rings is 9.